The Labute approximate surface area is 127 Å². The summed E-state index contributed by atoms with van der Waals surface area (Å²) >= 11 is 0. The Hall–Kier alpha value is -1.06. The summed E-state index contributed by atoms with van der Waals surface area (Å²) in [5.74, 6) is -0.680. The molecule has 120 valence electrons. The first-order valence-corrected chi connectivity index (χ1v) is 8.59. The average Bonchev–Trinajstić information content (AvgIpc) is 2.92. The van der Waals surface area contributed by atoms with Crippen molar-refractivity contribution in [3.63, 3.8) is 0 Å². The van der Waals surface area contributed by atoms with Gasteiger partial charge < -0.3 is 10.4 Å². The van der Waals surface area contributed by atoms with Crippen LogP contribution in [0.3, 0.4) is 0 Å². The highest BCUT2D eigenvalue weighted by molar-refractivity contribution is 5.85. The monoisotopic (exact) mass is 295 g/mol. The van der Waals surface area contributed by atoms with E-state index in [1.54, 1.807) is 0 Å². The summed E-state index contributed by atoms with van der Waals surface area (Å²) < 4.78 is 0. The van der Waals surface area contributed by atoms with Crippen molar-refractivity contribution in [3.8, 4) is 0 Å². The predicted molar refractivity (Wildman–Crippen MR) is 81.8 cm³/mol. The molecule has 0 bridgehead atoms. The molecule has 2 aliphatic rings. The molecule has 4 nitrogen and oxygen atoms in total. The fourth-order valence-corrected chi connectivity index (χ4v) is 4.22. The Morgan fingerprint density at radius 2 is 1.71 bits per heavy atom. The maximum atomic E-state index is 12.6. The minimum absolute atomic E-state index is 0.0105. The van der Waals surface area contributed by atoms with Crippen LogP contribution in [-0.2, 0) is 9.59 Å². The molecule has 2 saturated carbocycles. The van der Waals surface area contributed by atoms with Gasteiger partial charge in [-0.2, -0.15) is 0 Å². The third kappa shape index (κ3) is 3.78. The zero-order valence-corrected chi connectivity index (χ0v) is 13.3. The van der Waals surface area contributed by atoms with Gasteiger partial charge in [0.25, 0.3) is 0 Å². The molecule has 0 aromatic rings. The molecule has 21 heavy (non-hydrogen) atoms. The molecule has 2 fully saturated rings. The van der Waals surface area contributed by atoms with Crippen LogP contribution in [0.2, 0.25) is 0 Å². The number of carbonyl (C=O) groups excluding carboxylic acids is 1. The molecule has 0 heterocycles. The summed E-state index contributed by atoms with van der Waals surface area (Å²) in [6.45, 7) is 4.26. The first-order valence-electron chi connectivity index (χ1n) is 8.59. The van der Waals surface area contributed by atoms with Crippen LogP contribution in [0.5, 0.6) is 0 Å². The van der Waals surface area contributed by atoms with Gasteiger partial charge in [0.15, 0.2) is 0 Å². The third-order valence-corrected chi connectivity index (χ3v) is 5.65. The molecule has 0 aliphatic heterocycles. The summed E-state index contributed by atoms with van der Waals surface area (Å²) in [7, 11) is 0. The number of amides is 1. The van der Waals surface area contributed by atoms with Gasteiger partial charge in [-0.3, -0.25) is 9.59 Å². The smallest absolute Gasteiger partial charge is 0.307 e. The quantitative estimate of drug-likeness (QED) is 0.818. The fraction of sp³-hybridized carbons (Fsp3) is 0.882. The van der Waals surface area contributed by atoms with Gasteiger partial charge in [-0.15, -0.1) is 0 Å². The van der Waals surface area contributed by atoms with E-state index >= 15 is 0 Å². The van der Waals surface area contributed by atoms with Crippen molar-refractivity contribution in [2.45, 2.75) is 71.3 Å². The van der Waals surface area contributed by atoms with E-state index in [0.717, 1.165) is 25.7 Å². The van der Waals surface area contributed by atoms with E-state index in [9.17, 15) is 14.7 Å². The van der Waals surface area contributed by atoms with Gasteiger partial charge in [0.1, 0.15) is 0 Å². The number of aliphatic carboxylic acids is 1. The van der Waals surface area contributed by atoms with E-state index in [2.05, 4.69) is 19.2 Å². The largest absolute Gasteiger partial charge is 0.481 e. The highest BCUT2D eigenvalue weighted by Crippen LogP contribution is 2.39. The first kappa shape index (κ1) is 16.3. The second-order valence-electron chi connectivity index (χ2n) is 6.86. The van der Waals surface area contributed by atoms with Crippen LogP contribution < -0.4 is 5.32 Å². The Kier molecular flexibility index (Phi) is 5.65. The second kappa shape index (κ2) is 7.28. The van der Waals surface area contributed by atoms with Crippen molar-refractivity contribution in [2.75, 3.05) is 0 Å². The van der Waals surface area contributed by atoms with Crippen LogP contribution >= 0.6 is 0 Å². The number of hydrogen-bond donors (Lipinski definition) is 2. The molecule has 2 N–H and O–H groups in total. The van der Waals surface area contributed by atoms with E-state index in [1.165, 1.54) is 19.3 Å². The molecule has 2 aliphatic carbocycles. The number of hydrogen-bond acceptors (Lipinski definition) is 2. The van der Waals surface area contributed by atoms with Crippen molar-refractivity contribution < 1.29 is 14.7 Å². The zero-order valence-electron chi connectivity index (χ0n) is 13.3. The molecule has 2 rings (SSSR count). The van der Waals surface area contributed by atoms with E-state index in [0.29, 0.717) is 18.3 Å². The maximum Gasteiger partial charge on any atom is 0.307 e. The lowest BCUT2D eigenvalue weighted by Crippen LogP contribution is -2.45. The Morgan fingerprint density at radius 3 is 2.33 bits per heavy atom. The number of carboxylic acids is 1. The molecule has 1 amide bonds. The Bertz CT molecular complexity index is 382. The Balaban J connectivity index is 1.99. The van der Waals surface area contributed by atoms with Gasteiger partial charge in [-0.25, -0.2) is 0 Å². The third-order valence-electron chi connectivity index (χ3n) is 5.65. The van der Waals surface area contributed by atoms with Crippen molar-refractivity contribution in [3.05, 3.63) is 0 Å². The molecule has 5 atom stereocenters. The van der Waals surface area contributed by atoms with Crippen molar-refractivity contribution >= 4 is 11.9 Å². The predicted octanol–water partition coefficient (Wildman–Crippen LogP) is 3.21. The van der Waals surface area contributed by atoms with Crippen LogP contribution in [0.25, 0.3) is 0 Å². The molecule has 0 aromatic carbocycles. The van der Waals surface area contributed by atoms with Crippen LogP contribution in [0, 0.1) is 23.7 Å². The van der Waals surface area contributed by atoms with E-state index in [4.69, 9.17) is 0 Å². The zero-order chi connectivity index (χ0) is 15.4. The highest BCUT2D eigenvalue weighted by atomic mass is 16.4. The van der Waals surface area contributed by atoms with E-state index in [-0.39, 0.29) is 17.9 Å². The topological polar surface area (TPSA) is 66.4 Å². The minimum Gasteiger partial charge on any atom is -0.481 e. The number of rotatable bonds is 5. The average molecular weight is 295 g/mol. The fourth-order valence-electron chi connectivity index (χ4n) is 4.22. The van der Waals surface area contributed by atoms with E-state index < -0.39 is 11.9 Å². The lowest BCUT2D eigenvalue weighted by Gasteiger charge is -2.32. The first-order chi connectivity index (χ1) is 10.1. The summed E-state index contributed by atoms with van der Waals surface area (Å²) in [6, 6.07) is 0.256. The molecule has 3 unspecified atom stereocenters. The maximum absolute atomic E-state index is 12.6. The van der Waals surface area contributed by atoms with E-state index in [1.807, 2.05) is 0 Å². The number of nitrogens with one attached hydrogen (secondary N) is 1. The van der Waals surface area contributed by atoms with Gasteiger partial charge in [-0.05, 0) is 37.5 Å². The van der Waals surface area contributed by atoms with Crippen LogP contribution in [0.4, 0.5) is 0 Å². The van der Waals surface area contributed by atoms with Gasteiger partial charge in [0, 0.05) is 6.04 Å². The second-order valence-corrected chi connectivity index (χ2v) is 6.86. The van der Waals surface area contributed by atoms with Gasteiger partial charge in [0.2, 0.25) is 5.91 Å². The van der Waals surface area contributed by atoms with Gasteiger partial charge in [-0.1, -0.05) is 39.5 Å². The van der Waals surface area contributed by atoms with Crippen molar-refractivity contribution in [1.82, 2.24) is 5.32 Å². The molecular formula is C17H29NO3. The molecular weight excluding hydrogens is 266 g/mol. The molecule has 0 radical (unpaired) electrons. The summed E-state index contributed by atoms with van der Waals surface area (Å²) in [5, 5.41) is 12.6. The molecule has 0 saturated heterocycles. The van der Waals surface area contributed by atoms with Crippen LogP contribution in [-0.4, -0.2) is 23.0 Å². The SMILES string of the molecule is CCC1C[C@H](C(=O)NC2CCCCC2CC)[C@H](C(=O)O)C1. The summed E-state index contributed by atoms with van der Waals surface area (Å²) in [6.07, 6.45) is 8.12. The lowest BCUT2D eigenvalue weighted by molar-refractivity contribution is -0.146. The summed E-state index contributed by atoms with van der Waals surface area (Å²) in [4.78, 5) is 24.0. The molecule has 4 heteroatoms. The summed E-state index contributed by atoms with van der Waals surface area (Å²) in [5.41, 5.74) is 0. The molecule has 0 aromatic heterocycles. The minimum atomic E-state index is -0.804. The van der Waals surface area contributed by atoms with Crippen molar-refractivity contribution in [2.24, 2.45) is 23.7 Å². The van der Waals surface area contributed by atoms with Crippen LogP contribution in [0.15, 0.2) is 0 Å². The number of carboxylic acid groups (broad SMARTS) is 1. The van der Waals surface area contributed by atoms with Gasteiger partial charge in [0.05, 0.1) is 11.8 Å². The highest BCUT2D eigenvalue weighted by Gasteiger charge is 2.42. The lowest BCUT2D eigenvalue weighted by atomic mass is 9.82. The Morgan fingerprint density at radius 1 is 1.05 bits per heavy atom. The standard InChI is InChI=1S/C17H29NO3/c1-3-11-9-13(14(10-11)17(20)21)16(19)18-15-8-6-5-7-12(15)4-2/h11-15H,3-10H2,1-2H3,(H,18,19)(H,20,21)/t11?,12?,13-,14+,15?/m0/s1. The number of carbonyl (C=O) groups is 2. The molecule has 0 spiro atoms. The van der Waals surface area contributed by atoms with Crippen molar-refractivity contribution in [1.29, 1.82) is 0 Å². The van der Waals surface area contributed by atoms with Gasteiger partial charge >= 0.3 is 5.97 Å². The normalized spacial score (nSPS) is 36.4. The van der Waals surface area contributed by atoms with Crippen LogP contribution in [0.1, 0.15) is 65.2 Å².